The summed E-state index contributed by atoms with van der Waals surface area (Å²) >= 11 is 0. The predicted molar refractivity (Wildman–Crippen MR) is 89.1 cm³/mol. The number of hydrogen-bond acceptors (Lipinski definition) is 4. The SMILES string of the molecule is CCCOc1ccc(CNc2ccc(OC)c(OC)c2)cc1. The van der Waals surface area contributed by atoms with E-state index in [-0.39, 0.29) is 0 Å². The second-order valence-corrected chi connectivity index (χ2v) is 4.92. The Hall–Kier alpha value is -2.36. The molecule has 2 rings (SSSR count). The van der Waals surface area contributed by atoms with Crippen LogP contribution in [-0.4, -0.2) is 20.8 Å². The molecular formula is C18H23NO3. The first-order valence-electron chi connectivity index (χ1n) is 7.44. The fraction of sp³-hybridized carbons (Fsp3) is 0.333. The van der Waals surface area contributed by atoms with E-state index in [1.807, 2.05) is 30.3 Å². The van der Waals surface area contributed by atoms with E-state index in [0.29, 0.717) is 0 Å². The van der Waals surface area contributed by atoms with E-state index in [1.165, 1.54) is 5.56 Å². The standard InChI is InChI=1S/C18H23NO3/c1-4-11-22-16-8-5-14(6-9-16)13-19-15-7-10-17(20-2)18(12-15)21-3/h5-10,12,19H,4,11,13H2,1-3H3. The number of nitrogens with one attached hydrogen (secondary N) is 1. The second-order valence-electron chi connectivity index (χ2n) is 4.92. The highest BCUT2D eigenvalue weighted by Crippen LogP contribution is 2.29. The van der Waals surface area contributed by atoms with Gasteiger partial charge in [-0.15, -0.1) is 0 Å². The molecular weight excluding hydrogens is 278 g/mol. The van der Waals surface area contributed by atoms with Gasteiger partial charge in [-0.3, -0.25) is 0 Å². The molecule has 0 radical (unpaired) electrons. The zero-order valence-electron chi connectivity index (χ0n) is 13.4. The molecule has 0 spiro atoms. The fourth-order valence-corrected chi connectivity index (χ4v) is 2.07. The van der Waals surface area contributed by atoms with Crippen molar-refractivity contribution in [3.8, 4) is 17.2 Å². The van der Waals surface area contributed by atoms with Crippen molar-refractivity contribution in [1.82, 2.24) is 0 Å². The Morgan fingerprint density at radius 3 is 2.27 bits per heavy atom. The Bertz CT molecular complexity index is 581. The van der Waals surface area contributed by atoms with Gasteiger partial charge in [0.15, 0.2) is 11.5 Å². The van der Waals surface area contributed by atoms with E-state index in [4.69, 9.17) is 14.2 Å². The molecule has 0 fully saturated rings. The molecule has 0 bridgehead atoms. The third-order valence-electron chi connectivity index (χ3n) is 3.28. The smallest absolute Gasteiger partial charge is 0.162 e. The van der Waals surface area contributed by atoms with E-state index < -0.39 is 0 Å². The lowest BCUT2D eigenvalue weighted by Gasteiger charge is -2.11. The lowest BCUT2D eigenvalue weighted by atomic mass is 10.2. The van der Waals surface area contributed by atoms with Crippen molar-refractivity contribution in [3.05, 3.63) is 48.0 Å². The first kappa shape index (κ1) is 16.0. The van der Waals surface area contributed by atoms with Crippen LogP contribution in [0.25, 0.3) is 0 Å². The van der Waals surface area contributed by atoms with Gasteiger partial charge in [-0.1, -0.05) is 19.1 Å². The van der Waals surface area contributed by atoms with E-state index in [9.17, 15) is 0 Å². The first-order valence-corrected chi connectivity index (χ1v) is 7.44. The molecule has 0 atom stereocenters. The summed E-state index contributed by atoms with van der Waals surface area (Å²) in [6.07, 6.45) is 1.02. The number of anilines is 1. The highest BCUT2D eigenvalue weighted by Gasteiger charge is 2.04. The maximum absolute atomic E-state index is 5.58. The molecule has 0 unspecified atom stereocenters. The van der Waals surface area contributed by atoms with Gasteiger partial charge in [0.1, 0.15) is 5.75 Å². The van der Waals surface area contributed by atoms with Crippen LogP contribution in [0.1, 0.15) is 18.9 Å². The van der Waals surface area contributed by atoms with Crippen molar-refractivity contribution in [2.75, 3.05) is 26.1 Å². The Kier molecular flexibility index (Phi) is 5.95. The van der Waals surface area contributed by atoms with Gasteiger partial charge in [-0.05, 0) is 36.2 Å². The minimum atomic E-state index is 0.718. The Morgan fingerprint density at radius 1 is 0.909 bits per heavy atom. The maximum Gasteiger partial charge on any atom is 0.162 e. The second kappa shape index (κ2) is 8.17. The van der Waals surface area contributed by atoms with E-state index >= 15 is 0 Å². The van der Waals surface area contributed by atoms with Crippen LogP contribution >= 0.6 is 0 Å². The molecule has 2 aromatic rings. The largest absolute Gasteiger partial charge is 0.494 e. The van der Waals surface area contributed by atoms with Crippen molar-refractivity contribution in [2.24, 2.45) is 0 Å². The molecule has 4 nitrogen and oxygen atoms in total. The molecule has 4 heteroatoms. The molecule has 0 saturated heterocycles. The van der Waals surface area contributed by atoms with Crippen LogP contribution in [0.4, 0.5) is 5.69 Å². The third-order valence-corrected chi connectivity index (χ3v) is 3.28. The summed E-state index contributed by atoms with van der Waals surface area (Å²) in [7, 11) is 3.27. The quantitative estimate of drug-likeness (QED) is 0.796. The minimum Gasteiger partial charge on any atom is -0.494 e. The highest BCUT2D eigenvalue weighted by molar-refractivity contribution is 5.55. The summed E-state index contributed by atoms with van der Waals surface area (Å²) in [4.78, 5) is 0. The first-order chi connectivity index (χ1) is 10.8. The monoisotopic (exact) mass is 301 g/mol. The lowest BCUT2D eigenvalue weighted by Crippen LogP contribution is -2.01. The summed E-state index contributed by atoms with van der Waals surface area (Å²) < 4.78 is 16.1. The minimum absolute atomic E-state index is 0.718. The Labute approximate surface area is 132 Å². The lowest BCUT2D eigenvalue weighted by molar-refractivity contribution is 0.317. The molecule has 0 aliphatic rings. The highest BCUT2D eigenvalue weighted by atomic mass is 16.5. The molecule has 0 aromatic heterocycles. The number of methoxy groups -OCH3 is 2. The molecule has 0 amide bonds. The maximum atomic E-state index is 5.58. The van der Waals surface area contributed by atoms with Gasteiger partial charge >= 0.3 is 0 Å². The van der Waals surface area contributed by atoms with Gasteiger partial charge in [-0.2, -0.15) is 0 Å². The molecule has 0 aliphatic heterocycles. The number of benzene rings is 2. The average Bonchev–Trinajstić information content (AvgIpc) is 2.58. The van der Waals surface area contributed by atoms with Crippen LogP contribution in [0, 0.1) is 0 Å². The van der Waals surface area contributed by atoms with Crippen molar-refractivity contribution in [1.29, 1.82) is 0 Å². The van der Waals surface area contributed by atoms with E-state index in [0.717, 1.165) is 42.5 Å². The van der Waals surface area contributed by atoms with Crippen molar-refractivity contribution >= 4 is 5.69 Å². The summed E-state index contributed by atoms with van der Waals surface area (Å²) in [6.45, 7) is 3.59. The van der Waals surface area contributed by atoms with Crippen LogP contribution in [0.2, 0.25) is 0 Å². The number of rotatable bonds is 8. The zero-order valence-corrected chi connectivity index (χ0v) is 13.4. The van der Waals surface area contributed by atoms with Gasteiger partial charge in [0.25, 0.3) is 0 Å². The summed E-state index contributed by atoms with van der Waals surface area (Å²) in [6, 6.07) is 13.9. The normalized spacial score (nSPS) is 10.1. The Morgan fingerprint density at radius 2 is 1.64 bits per heavy atom. The fourth-order valence-electron chi connectivity index (χ4n) is 2.07. The number of ether oxygens (including phenoxy) is 3. The Balaban J connectivity index is 1.95. The van der Waals surface area contributed by atoms with Crippen molar-refractivity contribution < 1.29 is 14.2 Å². The van der Waals surface area contributed by atoms with Gasteiger partial charge in [0.05, 0.1) is 20.8 Å². The van der Waals surface area contributed by atoms with Crippen LogP contribution in [0.5, 0.6) is 17.2 Å². The predicted octanol–water partition coefficient (Wildman–Crippen LogP) is 4.10. The molecule has 0 saturated carbocycles. The topological polar surface area (TPSA) is 39.7 Å². The van der Waals surface area contributed by atoms with Gasteiger partial charge < -0.3 is 19.5 Å². The van der Waals surface area contributed by atoms with Crippen LogP contribution in [0.15, 0.2) is 42.5 Å². The van der Waals surface area contributed by atoms with E-state index in [2.05, 4.69) is 24.4 Å². The molecule has 22 heavy (non-hydrogen) atoms. The average molecular weight is 301 g/mol. The summed E-state index contributed by atoms with van der Waals surface area (Å²) in [5, 5.41) is 3.37. The zero-order chi connectivity index (χ0) is 15.8. The number of hydrogen-bond donors (Lipinski definition) is 1. The van der Waals surface area contributed by atoms with Gasteiger partial charge in [0.2, 0.25) is 0 Å². The molecule has 0 aliphatic carbocycles. The molecule has 118 valence electrons. The summed E-state index contributed by atoms with van der Waals surface area (Å²) in [5.74, 6) is 2.36. The molecule has 0 heterocycles. The van der Waals surface area contributed by atoms with Crippen molar-refractivity contribution in [3.63, 3.8) is 0 Å². The van der Waals surface area contributed by atoms with E-state index in [1.54, 1.807) is 14.2 Å². The summed E-state index contributed by atoms with van der Waals surface area (Å²) in [5.41, 5.74) is 2.18. The molecule has 2 aromatic carbocycles. The van der Waals surface area contributed by atoms with Crippen LogP contribution < -0.4 is 19.5 Å². The van der Waals surface area contributed by atoms with Crippen molar-refractivity contribution in [2.45, 2.75) is 19.9 Å². The van der Waals surface area contributed by atoms with Gasteiger partial charge in [-0.25, -0.2) is 0 Å². The molecule has 1 N–H and O–H groups in total. The van der Waals surface area contributed by atoms with Gasteiger partial charge in [0, 0.05) is 18.3 Å². The van der Waals surface area contributed by atoms with Crippen LogP contribution in [0.3, 0.4) is 0 Å². The third kappa shape index (κ3) is 4.32. The van der Waals surface area contributed by atoms with Crippen LogP contribution in [-0.2, 0) is 6.54 Å².